The number of carbonyl (C=O) groups is 1. The molecule has 1 atom stereocenters. The number of nitrogens with one attached hydrogen (secondary N) is 1. The Morgan fingerprint density at radius 3 is 2.57 bits per heavy atom. The summed E-state index contributed by atoms with van der Waals surface area (Å²) < 4.78 is 4.25. The highest BCUT2D eigenvalue weighted by Crippen LogP contribution is 2.16. The lowest BCUT2D eigenvalue weighted by molar-refractivity contribution is -0.119. The van der Waals surface area contributed by atoms with E-state index in [0.717, 1.165) is 21.5 Å². The molecule has 1 aromatic carbocycles. The maximum atomic E-state index is 12.3. The summed E-state index contributed by atoms with van der Waals surface area (Å²) in [5.41, 5.74) is 2.64. The maximum Gasteiger partial charge on any atom is 0.248 e. The zero-order chi connectivity index (χ0) is 16.4. The minimum Gasteiger partial charge on any atom is -0.324 e. The highest BCUT2D eigenvalue weighted by atomic mass is 79.9. The molecule has 0 saturated heterocycles. The molecule has 0 aliphatic carbocycles. The third-order valence-electron chi connectivity index (χ3n) is 3.47. The molecule has 0 spiro atoms. The van der Waals surface area contributed by atoms with E-state index in [0.29, 0.717) is 0 Å². The van der Waals surface area contributed by atoms with Crippen LogP contribution in [0.2, 0.25) is 0 Å². The van der Waals surface area contributed by atoms with E-state index in [9.17, 15) is 4.79 Å². The fraction of sp³-hybridized carbons (Fsp3) is 0.188. The van der Waals surface area contributed by atoms with Gasteiger partial charge in [0.1, 0.15) is 6.04 Å². The molecule has 2 aromatic heterocycles. The highest BCUT2D eigenvalue weighted by Gasteiger charge is 2.15. The van der Waals surface area contributed by atoms with Crippen LogP contribution in [0.4, 0.5) is 5.69 Å². The summed E-state index contributed by atoms with van der Waals surface area (Å²) in [4.78, 5) is 12.3. The standard InChI is InChI=1S/C16H16BrN5O/c1-11-7-8-21(20-11)15-5-3-14(4-6-15)19-16(23)12(2)22-10-13(17)9-18-22/h3-10,12H,1-2H3,(H,19,23)/t12-/m1/s1. The van der Waals surface area contributed by atoms with Crippen LogP contribution in [0.1, 0.15) is 18.7 Å². The van der Waals surface area contributed by atoms with E-state index in [1.54, 1.807) is 28.7 Å². The number of anilines is 1. The second-order valence-corrected chi connectivity index (χ2v) is 6.17. The predicted octanol–water partition coefficient (Wildman–Crippen LogP) is 3.34. The van der Waals surface area contributed by atoms with E-state index in [2.05, 4.69) is 31.4 Å². The van der Waals surface area contributed by atoms with Crippen LogP contribution in [0.3, 0.4) is 0 Å². The van der Waals surface area contributed by atoms with Crippen LogP contribution in [-0.2, 0) is 4.79 Å². The fourth-order valence-corrected chi connectivity index (χ4v) is 2.45. The predicted molar refractivity (Wildman–Crippen MR) is 91.6 cm³/mol. The minimum atomic E-state index is -0.394. The first kappa shape index (κ1) is 15.5. The molecular formula is C16H16BrN5O. The number of amides is 1. The van der Waals surface area contributed by atoms with Gasteiger partial charge in [0, 0.05) is 18.1 Å². The smallest absolute Gasteiger partial charge is 0.248 e. The van der Waals surface area contributed by atoms with Gasteiger partial charge in [-0.15, -0.1) is 0 Å². The van der Waals surface area contributed by atoms with Gasteiger partial charge in [-0.2, -0.15) is 10.2 Å². The molecule has 0 saturated carbocycles. The van der Waals surface area contributed by atoms with Gasteiger partial charge in [0.05, 0.1) is 22.1 Å². The Kier molecular flexibility index (Phi) is 4.29. The third-order valence-corrected chi connectivity index (χ3v) is 3.88. The van der Waals surface area contributed by atoms with E-state index in [1.807, 2.05) is 43.5 Å². The Morgan fingerprint density at radius 1 is 1.26 bits per heavy atom. The van der Waals surface area contributed by atoms with E-state index >= 15 is 0 Å². The quantitative estimate of drug-likeness (QED) is 0.762. The van der Waals surface area contributed by atoms with Crippen molar-refractivity contribution in [3.8, 4) is 5.69 Å². The average Bonchev–Trinajstić information content (AvgIpc) is 3.16. The van der Waals surface area contributed by atoms with Crippen molar-refractivity contribution in [2.45, 2.75) is 19.9 Å². The van der Waals surface area contributed by atoms with Crippen LogP contribution in [-0.4, -0.2) is 25.5 Å². The molecule has 1 N–H and O–H groups in total. The lowest BCUT2D eigenvalue weighted by Gasteiger charge is -2.13. The summed E-state index contributed by atoms with van der Waals surface area (Å²) in [6.07, 6.45) is 5.33. The van der Waals surface area contributed by atoms with Crippen LogP contribution in [0, 0.1) is 6.92 Å². The van der Waals surface area contributed by atoms with Crippen molar-refractivity contribution in [3.05, 3.63) is 59.1 Å². The Bertz CT molecular complexity index is 821. The molecule has 0 aliphatic heterocycles. The highest BCUT2D eigenvalue weighted by molar-refractivity contribution is 9.10. The maximum absolute atomic E-state index is 12.3. The Balaban J connectivity index is 1.69. The number of aromatic nitrogens is 4. The monoisotopic (exact) mass is 373 g/mol. The Morgan fingerprint density at radius 2 is 2.00 bits per heavy atom. The number of nitrogens with zero attached hydrogens (tertiary/aromatic N) is 4. The Hall–Kier alpha value is -2.41. The number of hydrogen-bond donors (Lipinski definition) is 1. The van der Waals surface area contributed by atoms with Gasteiger partial charge in [-0.25, -0.2) is 4.68 Å². The van der Waals surface area contributed by atoms with Gasteiger partial charge in [0.2, 0.25) is 5.91 Å². The first-order valence-electron chi connectivity index (χ1n) is 7.16. The number of rotatable bonds is 4. The van der Waals surface area contributed by atoms with Crippen molar-refractivity contribution in [1.82, 2.24) is 19.6 Å². The van der Waals surface area contributed by atoms with Crippen LogP contribution < -0.4 is 5.32 Å². The molecule has 23 heavy (non-hydrogen) atoms. The molecule has 0 bridgehead atoms. The van der Waals surface area contributed by atoms with Gasteiger partial charge in [-0.1, -0.05) is 0 Å². The SMILES string of the molecule is Cc1ccn(-c2ccc(NC(=O)[C@@H](C)n3cc(Br)cn3)cc2)n1. The first-order valence-corrected chi connectivity index (χ1v) is 7.95. The topological polar surface area (TPSA) is 64.7 Å². The van der Waals surface area contributed by atoms with E-state index in [1.165, 1.54) is 0 Å². The van der Waals surface area contributed by atoms with Gasteiger partial charge in [-0.05, 0) is 60.1 Å². The van der Waals surface area contributed by atoms with Crippen molar-refractivity contribution in [2.75, 3.05) is 5.32 Å². The van der Waals surface area contributed by atoms with Crippen molar-refractivity contribution < 1.29 is 4.79 Å². The number of benzene rings is 1. The summed E-state index contributed by atoms with van der Waals surface area (Å²) in [7, 11) is 0. The van der Waals surface area contributed by atoms with Gasteiger partial charge >= 0.3 is 0 Å². The van der Waals surface area contributed by atoms with Crippen LogP contribution in [0.5, 0.6) is 0 Å². The molecule has 2 heterocycles. The van der Waals surface area contributed by atoms with Gasteiger partial charge < -0.3 is 5.32 Å². The number of halogens is 1. The molecular weight excluding hydrogens is 358 g/mol. The lowest BCUT2D eigenvalue weighted by Crippen LogP contribution is -2.23. The average molecular weight is 374 g/mol. The summed E-state index contributed by atoms with van der Waals surface area (Å²) in [6.45, 7) is 3.75. The van der Waals surface area contributed by atoms with Crippen LogP contribution in [0.15, 0.2) is 53.4 Å². The summed E-state index contributed by atoms with van der Waals surface area (Å²) in [6, 6.07) is 9.09. The van der Waals surface area contributed by atoms with Crippen LogP contribution in [0.25, 0.3) is 5.69 Å². The second kappa shape index (κ2) is 6.37. The summed E-state index contributed by atoms with van der Waals surface area (Å²) >= 11 is 3.32. The molecule has 6 nitrogen and oxygen atoms in total. The van der Waals surface area contributed by atoms with Crippen molar-refractivity contribution in [3.63, 3.8) is 0 Å². The third kappa shape index (κ3) is 3.50. The molecule has 1 amide bonds. The molecule has 3 rings (SSSR count). The molecule has 118 valence electrons. The molecule has 0 aliphatic rings. The van der Waals surface area contributed by atoms with Gasteiger partial charge in [-0.3, -0.25) is 9.48 Å². The molecule has 7 heteroatoms. The summed E-state index contributed by atoms with van der Waals surface area (Å²) in [5, 5.41) is 11.4. The number of carbonyl (C=O) groups excluding carboxylic acids is 1. The van der Waals surface area contributed by atoms with Gasteiger partial charge in [0.25, 0.3) is 0 Å². The zero-order valence-corrected chi connectivity index (χ0v) is 14.4. The van der Waals surface area contributed by atoms with E-state index in [-0.39, 0.29) is 5.91 Å². The van der Waals surface area contributed by atoms with E-state index < -0.39 is 6.04 Å². The van der Waals surface area contributed by atoms with Crippen LogP contribution >= 0.6 is 15.9 Å². The second-order valence-electron chi connectivity index (χ2n) is 5.25. The minimum absolute atomic E-state index is 0.122. The molecule has 3 aromatic rings. The van der Waals surface area contributed by atoms with Crippen molar-refractivity contribution >= 4 is 27.5 Å². The summed E-state index contributed by atoms with van der Waals surface area (Å²) in [5.74, 6) is -0.122. The number of hydrogen-bond acceptors (Lipinski definition) is 3. The van der Waals surface area contributed by atoms with Crippen molar-refractivity contribution in [1.29, 1.82) is 0 Å². The lowest BCUT2D eigenvalue weighted by atomic mass is 10.2. The number of aryl methyl sites for hydroxylation is 1. The molecule has 0 fully saturated rings. The van der Waals surface area contributed by atoms with Crippen molar-refractivity contribution in [2.24, 2.45) is 0 Å². The Labute approximate surface area is 142 Å². The van der Waals surface area contributed by atoms with E-state index in [4.69, 9.17) is 0 Å². The largest absolute Gasteiger partial charge is 0.324 e. The first-order chi connectivity index (χ1) is 11.0. The zero-order valence-electron chi connectivity index (χ0n) is 12.8. The normalized spacial score (nSPS) is 12.1. The fourth-order valence-electron chi connectivity index (χ4n) is 2.15. The molecule has 0 radical (unpaired) electrons. The van der Waals surface area contributed by atoms with Gasteiger partial charge in [0.15, 0.2) is 0 Å². The molecule has 0 unspecified atom stereocenters.